The van der Waals surface area contributed by atoms with E-state index in [1.165, 1.54) is 31.3 Å². The van der Waals surface area contributed by atoms with Crippen molar-refractivity contribution in [3.63, 3.8) is 0 Å². The third kappa shape index (κ3) is 3.71. The average Bonchev–Trinajstić information content (AvgIpc) is 2.40. The van der Waals surface area contributed by atoms with Gasteiger partial charge in [0.15, 0.2) is 17.3 Å². The molecule has 21 heavy (non-hydrogen) atoms. The Morgan fingerprint density at radius 1 is 1.24 bits per heavy atom. The fourth-order valence-electron chi connectivity index (χ4n) is 1.69. The van der Waals surface area contributed by atoms with E-state index in [2.05, 4.69) is 9.72 Å². The summed E-state index contributed by atoms with van der Waals surface area (Å²) in [5.74, 6) is -1.56. The number of ether oxygens (including phenoxy) is 1. The van der Waals surface area contributed by atoms with Gasteiger partial charge in [-0.3, -0.25) is 9.78 Å². The minimum atomic E-state index is -4.91. The Morgan fingerprint density at radius 3 is 2.57 bits per heavy atom. The molecule has 1 aromatic carbocycles. The first-order valence-corrected chi connectivity index (χ1v) is 5.82. The predicted molar refractivity (Wildman–Crippen MR) is 68.0 cm³/mol. The molecule has 110 valence electrons. The van der Waals surface area contributed by atoms with Crippen molar-refractivity contribution >= 4 is 5.78 Å². The van der Waals surface area contributed by atoms with Crippen LogP contribution in [0, 0.1) is 0 Å². The average molecular weight is 297 g/mol. The second kappa shape index (κ2) is 5.43. The van der Waals surface area contributed by atoms with Gasteiger partial charge in [-0.2, -0.15) is 0 Å². The van der Waals surface area contributed by atoms with Crippen LogP contribution in [0.3, 0.4) is 0 Å². The van der Waals surface area contributed by atoms with Crippen LogP contribution in [0.15, 0.2) is 36.5 Å². The Labute approximate surface area is 117 Å². The third-order valence-corrected chi connectivity index (χ3v) is 2.65. The molecule has 2 aromatic rings. The van der Waals surface area contributed by atoms with Crippen LogP contribution in [0.25, 0.3) is 11.3 Å². The summed E-state index contributed by atoms with van der Waals surface area (Å²) in [6, 6.07) is 6.41. The van der Waals surface area contributed by atoms with Gasteiger partial charge in [-0.05, 0) is 37.3 Å². The van der Waals surface area contributed by atoms with Crippen LogP contribution in [-0.2, 0) is 0 Å². The first-order chi connectivity index (χ1) is 9.76. The van der Waals surface area contributed by atoms with Gasteiger partial charge in [-0.1, -0.05) is 0 Å². The smallest absolute Gasteiger partial charge is 0.504 e. The summed E-state index contributed by atoms with van der Waals surface area (Å²) in [6.45, 7) is 1.37. The number of aromatic hydroxyl groups is 1. The van der Waals surface area contributed by atoms with Crippen molar-refractivity contribution in [3.8, 4) is 22.8 Å². The van der Waals surface area contributed by atoms with Gasteiger partial charge >= 0.3 is 6.36 Å². The largest absolute Gasteiger partial charge is 0.573 e. The molecule has 1 aromatic heterocycles. The van der Waals surface area contributed by atoms with Crippen LogP contribution in [0.2, 0.25) is 0 Å². The summed E-state index contributed by atoms with van der Waals surface area (Å²) in [5.41, 5.74) is 0.969. The molecule has 0 aliphatic rings. The van der Waals surface area contributed by atoms with Gasteiger partial charge < -0.3 is 9.84 Å². The van der Waals surface area contributed by atoms with Crippen molar-refractivity contribution in [1.82, 2.24) is 4.98 Å². The monoisotopic (exact) mass is 297 g/mol. The second-order valence-corrected chi connectivity index (χ2v) is 4.22. The van der Waals surface area contributed by atoms with E-state index in [9.17, 15) is 23.1 Å². The van der Waals surface area contributed by atoms with Crippen molar-refractivity contribution in [1.29, 1.82) is 0 Å². The van der Waals surface area contributed by atoms with Crippen LogP contribution in [0.4, 0.5) is 13.2 Å². The molecule has 0 amide bonds. The summed E-state index contributed by atoms with van der Waals surface area (Å²) in [7, 11) is 0. The number of hydrogen-bond donors (Lipinski definition) is 1. The van der Waals surface area contributed by atoms with Gasteiger partial charge in [0.1, 0.15) is 0 Å². The topological polar surface area (TPSA) is 59.4 Å². The van der Waals surface area contributed by atoms with Crippen molar-refractivity contribution < 1.29 is 27.8 Å². The normalized spacial score (nSPS) is 11.2. The molecule has 0 bridgehead atoms. The Kier molecular flexibility index (Phi) is 3.84. The van der Waals surface area contributed by atoms with Gasteiger partial charge in [0.25, 0.3) is 0 Å². The molecule has 7 heteroatoms. The van der Waals surface area contributed by atoms with E-state index in [4.69, 9.17) is 0 Å². The zero-order chi connectivity index (χ0) is 15.6. The maximum Gasteiger partial charge on any atom is 0.573 e. The lowest BCUT2D eigenvalue weighted by atomic mass is 10.1. The third-order valence-electron chi connectivity index (χ3n) is 2.65. The Morgan fingerprint density at radius 2 is 1.95 bits per heavy atom. The quantitative estimate of drug-likeness (QED) is 0.880. The Balaban J connectivity index is 2.43. The maximum atomic E-state index is 12.2. The van der Waals surface area contributed by atoms with E-state index in [1.54, 1.807) is 0 Å². The van der Waals surface area contributed by atoms with Gasteiger partial charge in [-0.25, -0.2) is 0 Å². The van der Waals surface area contributed by atoms with E-state index in [1.807, 2.05) is 0 Å². The van der Waals surface area contributed by atoms with Crippen LogP contribution in [-0.4, -0.2) is 22.2 Å². The molecule has 0 atom stereocenters. The molecular formula is C14H10F3NO3. The number of alkyl halides is 3. The van der Waals surface area contributed by atoms with E-state index in [0.717, 1.165) is 12.1 Å². The van der Waals surface area contributed by atoms with Gasteiger partial charge in [0.05, 0.1) is 5.69 Å². The van der Waals surface area contributed by atoms with Crippen molar-refractivity contribution in [2.75, 3.05) is 0 Å². The zero-order valence-corrected chi connectivity index (χ0v) is 10.8. The van der Waals surface area contributed by atoms with Crippen molar-refractivity contribution in [3.05, 3.63) is 42.1 Å². The lowest BCUT2D eigenvalue weighted by Gasteiger charge is -2.11. The number of pyridine rings is 1. The van der Waals surface area contributed by atoms with Crippen LogP contribution < -0.4 is 4.74 Å². The highest BCUT2D eigenvalue weighted by Gasteiger charge is 2.32. The standard InChI is InChI=1S/C14H10F3NO3/c1-8(19)9-4-5-18-11(6-9)10-2-3-12(20)13(7-10)21-14(15,16)17/h2-7,20H,1H3. The summed E-state index contributed by atoms with van der Waals surface area (Å²) < 4.78 is 40.4. The maximum absolute atomic E-state index is 12.2. The molecule has 0 unspecified atom stereocenters. The molecule has 1 N–H and O–H groups in total. The summed E-state index contributed by atoms with van der Waals surface area (Å²) >= 11 is 0. The lowest BCUT2D eigenvalue weighted by Crippen LogP contribution is -2.17. The van der Waals surface area contributed by atoms with E-state index >= 15 is 0 Å². The van der Waals surface area contributed by atoms with E-state index in [0.29, 0.717) is 11.3 Å². The molecule has 4 nitrogen and oxygen atoms in total. The highest BCUT2D eigenvalue weighted by molar-refractivity contribution is 5.94. The molecule has 0 aliphatic heterocycles. The fourth-order valence-corrected chi connectivity index (χ4v) is 1.69. The predicted octanol–water partition coefficient (Wildman–Crippen LogP) is 3.56. The van der Waals surface area contributed by atoms with Gasteiger partial charge in [0, 0.05) is 17.3 Å². The Hall–Kier alpha value is -2.57. The van der Waals surface area contributed by atoms with Crippen molar-refractivity contribution in [2.24, 2.45) is 0 Å². The van der Waals surface area contributed by atoms with E-state index < -0.39 is 17.9 Å². The van der Waals surface area contributed by atoms with Crippen molar-refractivity contribution in [2.45, 2.75) is 13.3 Å². The van der Waals surface area contributed by atoms with Crippen LogP contribution in [0.5, 0.6) is 11.5 Å². The van der Waals surface area contributed by atoms with Gasteiger partial charge in [-0.15, -0.1) is 13.2 Å². The second-order valence-electron chi connectivity index (χ2n) is 4.22. The number of halogens is 3. The number of benzene rings is 1. The number of phenolic OH excluding ortho intramolecular Hbond substituents is 1. The van der Waals surface area contributed by atoms with Crippen LogP contribution >= 0.6 is 0 Å². The highest BCUT2D eigenvalue weighted by Crippen LogP contribution is 2.34. The number of nitrogens with zero attached hydrogens (tertiary/aromatic N) is 1. The minimum absolute atomic E-state index is 0.191. The molecule has 1 heterocycles. The summed E-state index contributed by atoms with van der Waals surface area (Å²) in [5, 5.41) is 9.39. The molecule has 0 spiro atoms. The minimum Gasteiger partial charge on any atom is -0.504 e. The first-order valence-electron chi connectivity index (χ1n) is 5.82. The number of hydrogen-bond acceptors (Lipinski definition) is 4. The Bertz CT molecular complexity index is 683. The number of phenols is 1. The summed E-state index contributed by atoms with van der Waals surface area (Å²) in [6.07, 6.45) is -3.53. The molecule has 0 aliphatic carbocycles. The molecule has 0 fully saturated rings. The van der Waals surface area contributed by atoms with E-state index in [-0.39, 0.29) is 11.3 Å². The SMILES string of the molecule is CC(=O)c1ccnc(-c2ccc(O)c(OC(F)(F)F)c2)c1. The number of rotatable bonds is 3. The number of carbonyl (C=O) groups is 1. The first kappa shape index (κ1) is 14.8. The summed E-state index contributed by atoms with van der Waals surface area (Å²) in [4.78, 5) is 15.3. The number of carbonyl (C=O) groups excluding carboxylic acids is 1. The number of ketones is 1. The fraction of sp³-hybridized carbons (Fsp3) is 0.143. The number of aromatic nitrogens is 1. The molecule has 0 saturated heterocycles. The lowest BCUT2D eigenvalue weighted by molar-refractivity contribution is -0.275. The van der Waals surface area contributed by atoms with Gasteiger partial charge in [0.2, 0.25) is 0 Å². The molecular weight excluding hydrogens is 287 g/mol. The van der Waals surface area contributed by atoms with Crippen LogP contribution in [0.1, 0.15) is 17.3 Å². The molecule has 0 saturated carbocycles. The molecule has 0 radical (unpaired) electrons. The number of Topliss-reactive ketones (excluding diaryl/α,β-unsaturated/α-hetero) is 1. The molecule has 2 rings (SSSR count). The highest BCUT2D eigenvalue weighted by atomic mass is 19.4. The zero-order valence-electron chi connectivity index (χ0n) is 10.8.